The fourth-order valence-corrected chi connectivity index (χ4v) is 8.83. The fourth-order valence-electron chi connectivity index (χ4n) is 8.83. The van der Waals surface area contributed by atoms with Crippen molar-refractivity contribution in [2.75, 3.05) is 4.90 Å². The van der Waals surface area contributed by atoms with Crippen LogP contribution < -0.4 is 4.90 Å². The number of halogens is 12. The predicted octanol–water partition coefficient (Wildman–Crippen LogP) is 13.2. The van der Waals surface area contributed by atoms with Crippen LogP contribution in [0.2, 0.25) is 0 Å². The van der Waals surface area contributed by atoms with Crippen LogP contribution >= 0.6 is 0 Å². The van der Waals surface area contributed by atoms with Crippen LogP contribution in [0.3, 0.4) is 0 Å². The molecule has 6 nitrogen and oxygen atoms in total. The van der Waals surface area contributed by atoms with Crippen molar-refractivity contribution >= 4 is 29.3 Å². The first-order valence-corrected chi connectivity index (χ1v) is 20.1. The van der Waals surface area contributed by atoms with E-state index in [4.69, 9.17) is 0 Å². The lowest BCUT2D eigenvalue weighted by atomic mass is 9.71. The number of hydrogen-bond acceptors (Lipinski definition) is 4. The van der Waals surface area contributed by atoms with E-state index < -0.39 is 126 Å². The van der Waals surface area contributed by atoms with E-state index in [2.05, 4.69) is 0 Å². The summed E-state index contributed by atoms with van der Waals surface area (Å²) in [6.45, 7) is 10.1. The summed E-state index contributed by atoms with van der Waals surface area (Å²) < 4.78 is 180. The van der Waals surface area contributed by atoms with Crippen LogP contribution in [0.15, 0.2) is 72.8 Å². The van der Waals surface area contributed by atoms with Crippen molar-refractivity contribution in [3.63, 3.8) is 0 Å². The summed E-state index contributed by atoms with van der Waals surface area (Å²) in [4.78, 5) is 55.5. The zero-order valence-corrected chi connectivity index (χ0v) is 35.0. The molecule has 18 heteroatoms. The minimum atomic E-state index is -6.29. The third kappa shape index (κ3) is 7.33. The molecule has 4 aromatic rings. The zero-order valence-electron chi connectivity index (χ0n) is 35.0. The van der Waals surface area contributed by atoms with Gasteiger partial charge >= 0.3 is 24.7 Å². The Bertz CT molecular complexity index is 2560. The number of anilines is 1. The van der Waals surface area contributed by atoms with Gasteiger partial charge in [-0.25, -0.2) is 4.90 Å². The van der Waals surface area contributed by atoms with Gasteiger partial charge in [0.15, 0.2) is 0 Å². The van der Waals surface area contributed by atoms with Gasteiger partial charge in [-0.3, -0.25) is 24.1 Å². The Balaban J connectivity index is 1.48. The highest BCUT2D eigenvalue weighted by molar-refractivity contribution is 6.34. The van der Waals surface area contributed by atoms with Gasteiger partial charge in [0.25, 0.3) is 23.6 Å². The molecular weight excluding hydrogens is 872 g/mol. The van der Waals surface area contributed by atoms with E-state index in [9.17, 15) is 45.5 Å². The summed E-state index contributed by atoms with van der Waals surface area (Å²) in [6, 6.07) is 6.62. The van der Waals surface area contributed by atoms with Crippen molar-refractivity contribution in [3.8, 4) is 11.1 Å². The molecule has 0 bridgehead atoms. The lowest BCUT2D eigenvalue weighted by molar-refractivity contribution is -0.288. The summed E-state index contributed by atoms with van der Waals surface area (Å²) in [5, 5.41) is 0. The first-order valence-electron chi connectivity index (χ1n) is 20.1. The van der Waals surface area contributed by atoms with E-state index in [-0.39, 0.29) is 41.5 Å². The van der Waals surface area contributed by atoms with E-state index in [0.29, 0.717) is 55.7 Å². The van der Waals surface area contributed by atoms with Crippen LogP contribution in [0.5, 0.6) is 0 Å². The van der Waals surface area contributed by atoms with Crippen molar-refractivity contribution in [1.82, 2.24) is 4.90 Å². The normalized spacial score (nSPS) is 16.2. The highest BCUT2D eigenvalue weighted by Crippen LogP contribution is 2.57. The lowest BCUT2D eigenvalue weighted by Crippen LogP contribution is -2.55. The second kappa shape index (κ2) is 15.8. The summed E-state index contributed by atoms with van der Waals surface area (Å²) in [5.41, 5.74) is -18.9. The molecular formula is C46H40F12N2O4. The molecule has 0 fully saturated rings. The van der Waals surface area contributed by atoms with Crippen LogP contribution in [0, 0.1) is 0 Å². The topological polar surface area (TPSA) is 74.8 Å². The van der Waals surface area contributed by atoms with Gasteiger partial charge in [-0.2, -0.15) is 52.7 Å². The van der Waals surface area contributed by atoms with Gasteiger partial charge in [0, 0.05) is 5.54 Å². The molecule has 64 heavy (non-hydrogen) atoms. The van der Waals surface area contributed by atoms with Crippen molar-refractivity contribution in [3.05, 3.63) is 123 Å². The summed E-state index contributed by atoms with van der Waals surface area (Å²) in [5.74, 6) is -5.15. The van der Waals surface area contributed by atoms with Crippen LogP contribution in [0.1, 0.15) is 143 Å². The van der Waals surface area contributed by atoms with Gasteiger partial charge in [-0.1, -0.05) is 71.4 Å². The molecule has 2 heterocycles. The SMILES string of the molecule is CCCC(C)(CC)N1C(=O)c2ccc(C(c3ccc4c(c3)C(=O)N(c3ccc(-c5ccc(C(C)(CC)CC)cc5C(F)(F)F)c(C(F)(F)F)c3)C4=O)(C(F)(F)F)C(F)(F)F)cc2C1=O. The Hall–Kier alpha value is -5.68. The van der Waals surface area contributed by atoms with Crippen LogP contribution in [0.25, 0.3) is 11.1 Å². The summed E-state index contributed by atoms with van der Waals surface area (Å²) in [6.07, 6.45) is -21.4. The molecule has 0 saturated heterocycles. The molecule has 0 saturated carbocycles. The molecule has 2 aliphatic heterocycles. The molecule has 0 spiro atoms. The molecule has 0 radical (unpaired) electrons. The molecule has 2 aliphatic rings. The quantitative estimate of drug-likeness (QED) is 0.111. The van der Waals surface area contributed by atoms with Crippen LogP contribution in [0.4, 0.5) is 58.4 Å². The first kappa shape index (κ1) is 47.8. The maximum Gasteiger partial charge on any atom is 0.417 e. The predicted molar refractivity (Wildman–Crippen MR) is 211 cm³/mol. The Labute approximate surface area is 359 Å². The Morgan fingerprint density at radius 3 is 1.31 bits per heavy atom. The molecule has 1 unspecified atom stereocenters. The van der Waals surface area contributed by atoms with E-state index in [0.717, 1.165) is 17.0 Å². The summed E-state index contributed by atoms with van der Waals surface area (Å²) >= 11 is 0. The lowest BCUT2D eigenvalue weighted by Gasteiger charge is -2.38. The Morgan fingerprint density at radius 1 is 0.453 bits per heavy atom. The van der Waals surface area contributed by atoms with E-state index in [1.54, 1.807) is 41.5 Å². The van der Waals surface area contributed by atoms with Crippen molar-refractivity contribution < 1.29 is 71.9 Å². The number of benzene rings is 4. The second-order valence-corrected chi connectivity index (χ2v) is 16.5. The minimum Gasteiger partial charge on any atom is -0.269 e. The summed E-state index contributed by atoms with van der Waals surface area (Å²) in [7, 11) is 0. The van der Waals surface area contributed by atoms with Gasteiger partial charge < -0.3 is 0 Å². The third-order valence-electron chi connectivity index (χ3n) is 13.0. The van der Waals surface area contributed by atoms with Crippen molar-refractivity contribution in [1.29, 1.82) is 0 Å². The number of imide groups is 2. The van der Waals surface area contributed by atoms with Gasteiger partial charge in [0.1, 0.15) is 0 Å². The zero-order chi connectivity index (χ0) is 47.9. The van der Waals surface area contributed by atoms with Crippen molar-refractivity contribution in [2.24, 2.45) is 0 Å². The number of carbonyl (C=O) groups is 4. The molecule has 6 rings (SSSR count). The first-order chi connectivity index (χ1) is 29.5. The van der Waals surface area contributed by atoms with Crippen LogP contribution in [-0.2, 0) is 23.2 Å². The Kier molecular flexibility index (Phi) is 11.8. The van der Waals surface area contributed by atoms with Crippen molar-refractivity contribution in [2.45, 2.75) is 115 Å². The number of fused-ring (bicyclic) bond motifs is 2. The maximum atomic E-state index is 15.4. The second-order valence-electron chi connectivity index (χ2n) is 16.5. The fraction of sp³-hybridized carbons (Fsp3) is 0.391. The molecule has 1 atom stereocenters. The van der Waals surface area contributed by atoms with Crippen LogP contribution in [-0.4, -0.2) is 46.4 Å². The minimum absolute atomic E-state index is 0.0628. The average molecular weight is 913 g/mol. The molecule has 4 amide bonds. The highest BCUT2D eigenvalue weighted by atomic mass is 19.4. The van der Waals surface area contributed by atoms with E-state index >= 15 is 26.3 Å². The van der Waals surface area contributed by atoms with E-state index in [1.807, 2.05) is 0 Å². The number of amides is 4. The van der Waals surface area contributed by atoms with Gasteiger partial charge in [-0.15, -0.1) is 0 Å². The monoisotopic (exact) mass is 912 g/mol. The number of rotatable bonds is 11. The molecule has 342 valence electrons. The van der Waals surface area contributed by atoms with E-state index in [1.165, 1.54) is 6.07 Å². The molecule has 0 aliphatic carbocycles. The van der Waals surface area contributed by atoms with Gasteiger partial charge in [0.2, 0.25) is 5.41 Å². The van der Waals surface area contributed by atoms with Gasteiger partial charge in [0.05, 0.1) is 39.1 Å². The molecule has 4 aromatic carbocycles. The smallest absolute Gasteiger partial charge is 0.269 e. The maximum absolute atomic E-state index is 15.4. The molecule has 0 aromatic heterocycles. The number of alkyl halides is 12. The molecule has 0 N–H and O–H groups in total. The number of carbonyl (C=O) groups excluding carboxylic acids is 4. The van der Waals surface area contributed by atoms with Gasteiger partial charge in [-0.05, 0) is 108 Å². The third-order valence-corrected chi connectivity index (χ3v) is 13.0. The highest BCUT2D eigenvalue weighted by Gasteiger charge is 2.73. The number of nitrogens with zero attached hydrogens (tertiary/aromatic N) is 2. The average Bonchev–Trinajstić information content (AvgIpc) is 3.61. The Morgan fingerprint density at radius 2 is 0.859 bits per heavy atom. The standard InChI is InChI=1S/C46H40F12N2O4/c1-7-19-41(6,10-4)60-38(63)31-17-13-26(21-33(31)39(60)64)42(45(53,54)55,46(56,57)58)25-12-16-30-32(20-25)37(62)59(36(30)61)27-14-18-29(35(23-27)44(50,51)52)28-15-11-24(40(5,8-2)9-3)22-34(28)43(47,48)49/h11-18,20-23H,7-10,19H2,1-6H3. The largest absolute Gasteiger partial charge is 0.417 e. The number of hydrogen-bond donors (Lipinski definition) is 0.